The number of carbonyl (C=O) groups excluding carboxylic acids is 1. The molecule has 29 heavy (non-hydrogen) atoms. The number of ether oxygens (including phenoxy) is 1. The third-order valence-electron chi connectivity index (χ3n) is 6.31. The van der Waals surface area contributed by atoms with Crippen molar-refractivity contribution in [2.75, 3.05) is 46.4 Å². The first kappa shape index (κ1) is 20.3. The monoisotopic (exact) mass is 399 g/mol. The molecule has 1 unspecified atom stereocenters. The van der Waals surface area contributed by atoms with Gasteiger partial charge in [-0.2, -0.15) is 0 Å². The molecule has 3 heterocycles. The number of fused-ring (bicyclic) bond motifs is 1. The Balaban J connectivity index is 1.25. The molecular weight excluding hydrogens is 366 g/mol. The summed E-state index contributed by atoms with van der Waals surface area (Å²) in [7, 11) is 1.66. The quantitative estimate of drug-likeness (QED) is 0.697. The van der Waals surface area contributed by atoms with Crippen molar-refractivity contribution in [3.63, 3.8) is 0 Å². The number of aromatic amines is 1. The number of piperidine rings is 2. The Hall–Kier alpha value is -1.96. The fraction of sp³-hybridized carbons (Fsp3) is 0.636. The summed E-state index contributed by atoms with van der Waals surface area (Å²) in [6.07, 6.45) is 4.44. The Kier molecular flexibility index (Phi) is 6.79. The Bertz CT molecular complexity index is 766. The van der Waals surface area contributed by atoms with Crippen LogP contribution in [0.15, 0.2) is 24.3 Å². The predicted molar refractivity (Wildman–Crippen MR) is 114 cm³/mol. The van der Waals surface area contributed by atoms with Gasteiger partial charge in [0.2, 0.25) is 5.91 Å². The first-order chi connectivity index (χ1) is 14.2. The summed E-state index contributed by atoms with van der Waals surface area (Å²) < 4.78 is 5.03. The molecule has 0 radical (unpaired) electrons. The van der Waals surface area contributed by atoms with Gasteiger partial charge in [-0.25, -0.2) is 4.98 Å². The van der Waals surface area contributed by atoms with Crippen molar-refractivity contribution in [2.45, 2.75) is 38.3 Å². The minimum absolute atomic E-state index is 0.120. The maximum absolute atomic E-state index is 12.4. The van der Waals surface area contributed by atoms with E-state index in [1.807, 2.05) is 12.1 Å². The molecule has 1 amide bonds. The second-order valence-corrected chi connectivity index (χ2v) is 8.33. The second kappa shape index (κ2) is 9.69. The van der Waals surface area contributed by atoms with Crippen LogP contribution in [0, 0.1) is 5.92 Å². The number of carbonyl (C=O) groups is 1. The van der Waals surface area contributed by atoms with Crippen molar-refractivity contribution in [2.24, 2.45) is 5.92 Å². The fourth-order valence-electron chi connectivity index (χ4n) is 4.71. The number of imidazole rings is 1. The summed E-state index contributed by atoms with van der Waals surface area (Å²) in [5, 5.41) is 3.01. The lowest BCUT2D eigenvalue weighted by atomic mass is 9.93. The lowest BCUT2D eigenvalue weighted by Crippen LogP contribution is -2.50. The average molecular weight is 400 g/mol. The molecule has 2 aliphatic rings. The van der Waals surface area contributed by atoms with Gasteiger partial charge in [-0.1, -0.05) is 12.1 Å². The maximum Gasteiger partial charge on any atom is 0.224 e. The maximum atomic E-state index is 12.4. The van der Waals surface area contributed by atoms with Crippen molar-refractivity contribution < 1.29 is 9.53 Å². The number of hydrogen-bond acceptors (Lipinski definition) is 5. The highest BCUT2D eigenvalue weighted by Gasteiger charge is 2.31. The van der Waals surface area contributed by atoms with Gasteiger partial charge in [0.25, 0.3) is 0 Å². The van der Waals surface area contributed by atoms with Crippen LogP contribution in [-0.4, -0.2) is 78.2 Å². The summed E-state index contributed by atoms with van der Waals surface area (Å²) in [5.41, 5.74) is 2.15. The van der Waals surface area contributed by atoms with Gasteiger partial charge in [0.1, 0.15) is 5.82 Å². The second-order valence-electron chi connectivity index (χ2n) is 8.33. The highest BCUT2D eigenvalue weighted by Crippen LogP contribution is 2.24. The molecule has 1 aromatic carbocycles. The SMILES string of the molecule is COCCNC(=O)C1CCCN(C2CCN(Cc3nc4ccccc4[nH]3)CC2)C1. The molecule has 1 aromatic heterocycles. The summed E-state index contributed by atoms with van der Waals surface area (Å²) >= 11 is 0. The molecule has 7 heteroatoms. The largest absolute Gasteiger partial charge is 0.383 e. The van der Waals surface area contributed by atoms with Crippen molar-refractivity contribution in [1.82, 2.24) is 25.1 Å². The van der Waals surface area contributed by atoms with E-state index in [9.17, 15) is 4.79 Å². The van der Waals surface area contributed by atoms with Crippen molar-refractivity contribution >= 4 is 16.9 Å². The Labute approximate surface area is 172 Å². The molecule has 2 aliphatic heterocycles. The molecule has 0 bridgehead atoms. The Morgan fingerprint density at radius 1 is 1.24 bits per heavy atom. The number of likely N-dealkylation sites (tertiary alicyclic amines) is 2. The van der Waals surface area contributed by atoms with E-state index < -0.39 is 0 Å². The Morgan fingerprint density at radius 2 is 2.07 bits per heavy atom. The third-order valence-corrected chi connectivity index (χ3v) is 6.31. The summed E-state index contributed by atoms with van der Waals surface area (Å²) in [6, 6.07) is 8.80. The smallest absolute Gasteiger partial charge is 0.224 e. The van der Waals surface area contributed by atoms with E-state index >= 15 is 0 Å². The van der Waals surface area contributed by atoms with Gasteiger partial charge in [-0.3, -0.25) is 14.6 Å². The lowest BCUT2D eigenvalue weighted by Gasteiger charge is -2.41. The molecule has 7 nitrogen and oxygen atoms in total. The molecule has 2 N–H and O–H groups in total. The van der Waals surface area contributed by atoms with Gasteiger partial charge in [-0.15, -0.1) is 0 Å². The van der Waals surface area contributed by atoms with E-state index in [4.69, 9.17) is 9.72 Å². The molecule has 2 fully saturated rings. The number of H-pyrrole nitrogens is 1. The number of amides is 1. The first-order valence-electron chi connectivity index (χ1n) is 10.9. The highest BCUT2D eigenvalue weighted by molar-refractivity contribution is 5.79. The molecule has 1 atom stereocenters. The molecule has 0 spiro atoms. The molecular formula is C22H33N5O2. The first-order valence-corrected chi connectivity index (χ1v) is 10.9. The average Bonchev–Trinajstić information content (AvgIpc) is 3.17. The summed E-state index contributed by atoms with van der Waals surface area (Å²) in [6.45, 7) is 6.25. The summed E-state index contributed by atoms with van der Waals surface area (Å²) in [4.78, 5) is 25.6. The molecule has 0 aliphatic carbocycles. The Morgan fingerprint density at radius 3 is 2.86 bits per heavy atom. The fourth-order valence-corrected chi connectivity index (χ4v) is 4.71. The number of rotatable bonds is 7. The van der Waals surface area contributed by atoms with Crippen molar-refractivity contribution in [1.29, 1.82) is 0 Å². The number of hydrogen-bond donors (Lipinski definition) is 2. The molecule has 0 saturated carbocycles. The van der Waals surface area contributed by atoms with Crippen LogP contribution in [0.5, 0.6) is 0 Å². The van der Waals surface area contributed by atoms with Gasteiger partial charge in [0.05, 0.1) is 30.1 Å². The van der Waals surface area contributed by atoms with Crippen LogP contribution in [0.3, 0.4) is 0 Å². The van der Waals surface area contributed by atoms with Gasteiger partial charge in [-0.05, 0) is 44.4 Å². The van der Waals surface area contributed by atoms with Gasteiger partial charge in [0.15, 0.2) is 0 Å². The number of para-hydroxylation sites is 2. The van der Waals surface area contributed by atoms with Crippen LogP contribution in [-0.2, 0) is 16.1 Å². The molecule has 4 rings (SSSR count). The van der Waals surface area contributed by atoms with E-state index in [2.05, 4.69) is 32.2 Å². The number of nitrogens with zero attached hydrogens (tertiary/aromatic N) is 3. The summed E-state index contributed by atoms with van der Waals surface area (Å²) in [5.74, 6) is 1.36. The zero-order chi connectivity index (χ0) is 20.1. The third kappa shape index (κ3) is 5.15. The van der Waals surface area contributed by atoms with Crippen LogP contribution in [0.1, 0.15) is 31.5 Å². The minimum atomic E-state index is 0.120. The number of nitrogens with one attached hydrogen (secondary N) is 2. The van der Waals surface area contributed by atoms with E-state index in [0.717, 1.165) is 75.3 Å². The molecule has 158 valence electrons. The molecule has 2 aromatic rings. The van der Waals surface area contributed by atoms with Crippen molar-refractivity contribution in [3.8, 4) is 0 Å². The van der Waals surface area contributed by atoms with Crippen molar-refractivity contribution in [3.05, 3.63) is 30.1 Å². The van der Waals surface area contributed by atoms with Crippen LogP contribution in [0.4, 0.5) is 0 Å². The van der Waals surface area contributed by atoms with E-state index in [1.54, 1.807) is 7.11 Å². The number of aromatic nitrogens is 2. The van der Waals surface area contributed by atoms with Gasteiger partial charge >= 0.3 is 0 Å². The van der Waals surface area contributed by atoms with Gasteiger partial charge in [0, 0.05) is 39.3 Å². The van der Waals surface area contributed by atoms with Crippen LogP contribution < -0.4 is 5.32 Å². The number of benzene rings is 1. The van der Waals surface area contributed by atoms with Crippen LogP contribution in [0.2, 0.25) is 0 Å². The predicted octanol–water partition coefficient (Wildman–Crippen LogP) is 2.00. The zero-order valence-electron chi connectivity index (χ0n) is 17.4. The van der Waals surface area contributed by atoms with E-state index in [1.165, 1.54) is 0 Å². The minimum Gasteiger partial charge on any atom is -0.383 e. The lowest BCUT2D eigenvalue weighted by molar-refractivity contribution is -0.127. The van der Waals surface area contributed by atoms with E-state index in [-0.39, 0.29) is 11.8 Å². The number of methoxy groups -OCH3 is 1. The van der Waals surface area contributed by atoms with Gasteiger partial charge < -0.3 is 15.0 Å². The molecule has 2 saturated heterocycles. The van der Waals surface area contributed by atoms with Crippen LogP contribution in [0.25, 0.3) is 11.0 Å². The topological polar surface area (TPSA) is 73.5 Å². The van der Waals surface area contributed by atoms with E-state index in [0.29, 0.717) is 19.2 Å². The highest BCUT2D eigenvalue weighted by atomic mass is 16.5. The van der Waals surface area contributed by atoms with Crippen LogP contribution >= 0.6 is 0 Å². The zero-order valence-corrected chi connectivity index (χ0v) is 17.4. The standard InChI is InChI=1S/C22H33N5O2/c1-29-14-10-23-22(28)17-5-4-11-27(15-17)18-8-12-26(13-9-18)16-21-24-19-6-2-3-7-20(19)25-21/h2-3,6-7,17-18H,4-5,8-16H2,1H3,(H,23,28)(H,24,25). The normalized spacial score (nSPS) is 22.2.